The number of amides is 1. The molecule has 2 aromatic carbocycles. The molecular weight excluding hydrogens is 661 g/mol. The molecule has 0 saturated carbocycles. The minimum absolute atomic E-state index is 0.0265. The van der Waals surface area contributed by atoms with Crippen LogP contribution < -0.4 is 10.9 Å². The summed E-state index contributed by atoms with van der Waals surface area (Å²) in [5.74, 6) is -3.61. The molecule has 3 aliphatic heterocycles. The Balaban J connectivity index is 1.51. The number of benzene rings is 2. The predicted molar refractivity (Wildman–Crippen MR) is 177 cm³/mol. The number of piperidine rings is 1. The van der Waals surface area contributed by atoms with E-state index in [1.807, 2.05) is 4.90 Å². The molecule has 3 fully saturated rings. The number of morpholine rings is 1. The zero-order chi connectivity index (χ0) is 36.7. The first-order chi connectivity index (χ1) is 23.4. The number of nitrogens with zero attached hydrogens (tertiary/aromatic N) is 2. The lowest BCUT2D eigenvalue weighted by Crippen LogP contribution is -2.57. The van der Waals surface area contributed by atoms with Gasteiger partial charge in [0.25, 0.3) is 5.56 Å². The lowest BCUT2D eigenvalue weighted by atomic mass is 9.90. The van der Waals surface area contributed by atoms with Gasteiger partial charge in [0.1, 0.15) is 17.7 Å². The number of halogens is 5. The lowest BCUT2D eigenvalue weighted by Gasteiger charge is -2.47. The van der Waals surface area contributed by atoms with Crippen LogP contribution in [-0.4, -0.2) is 58.3 Å². The Morgan fingerprint density at radius 1 is 1.00 bits per heavy atom. The number of pyridine rings is 1. The van der Waals surface area contributed by atoms with Crippen LogP contribution in [0.3, 0.4) is 0 Å². The van der Waals surface area contributed by atoms with Crippen LogP contribution in [0, 0.1) is 38.3 Å². The zero-order valence-corrected chi connectivity index (χ0v) is 28.7. The van der Waals surface area contributed by atoms with Crippen molar-refractivity contribution in [3.63, 3.8) is 0 Å². The molecule has 270 valence electrons. The van der Waals surface area contributed by atoms with E-state index in [0.29, 0.717) is 48.0 Å². The Hall–Kier alpha value is -4.10. The first-order valence-electron chi connectivity index (χ1n) is 16.7. The van der Waals surface area contributed by atoms with Gasteiger partial charge in [-0.25, -0.2) is 8.78 Å². The number of hydrogen-bond donors (Lipinski definition) is 2. The van der Waals surface area contributed by atoms with Gasteiger partial charge in [0.15, 0.2) is 0 Å². The third-order valence-corrected chi connectivity index (χ3v) is 9.47. The number of aromatic nitrogens is 1. The molecule has 2 N–H and O–H groups in total. The number of hydrogen-bond acceptors (Lipinski definition) is 5. The van der Waals surface area contributed by atoms with Crippen LogP contribution in [0.5, 0.6) is 0 Å². The average Bonchev–Trinajstić information content (AvgIpc) is 2.99. The smallest absolute Gasteiger partial charge is 0.416 e. The molecule has 50 heavy (non-hydrogen) atoms. The van der Waals surface area contributed by atoms with Crippen molar-refractivity contribution in [3.05, 3.63) is 91.9 Å². The molecule has 1 amide bonds. The third kappa shape index (κ3) is 8.26. The van der Waals surface area contributed by atoms with Crippen LogP contribution in [0.1, 0.15) is 78.6 Å². The second-order valence-corrected chi connectivity index (χ2v) is 14.0. The summed E-state index contributed by atoms with van der Waals surface area (Å²) in [7, 11) is 0. The number of rotatable bonds is 12. The molecule has 2 bridgehead atoms. The van der Waals surface area contributed by atoms with Crippen LogP contribution in [0.15, 0.2) is 41.3 Å². The van der Waals surface area contributed by atoms with Crippen molar-refractivity contribution in [3.8, 4) is 11.1 Å². The van der Waals surface area contributed by atoms with Crippen molar-refractivity contribution in [1.29, 1.82) is 0 Å². The molecule has 3 saturated heterocycles. The van der Waals surface area contributed by atoms with Crippen molar-refractivity contribution in [2.45, 2.75) is 90.8 Å². The molecule has 4 atom stereocenters. The number of fused-ring (bicyclic) bond motifs is 2. The van der Waals surface area contributed by atoms with E-state index in [9.17, 15) is 37.1 Å². The predicted octanol–water partition coefficient (Wildman–Crippen LogP) is 6.67. The third-order valence-electron chi connectivity index (χ3n) is 9.47. The highest BCUT2D eigenvalue weighted by Gasteiger charge is 2.39. The second kappa shape index (κ2) is 14.6. The summed E-state index contributed by atoms with van der Waals surface area (Å²) in [5.41, 5.74) is -0.0147. The molecule has 3 aliphatic rings. The van der Waals surface area contributed by atoms with E-state index in [4.69, 9.17) is 4.74 Å². The maximum Gasteiger partial charge on any atom is 0.416 e. The number of carboxylic acids is 1. The fourth-order valence-electron chi connectivity index (χ4n) is 7.23. The van der Waals surface area contributed by atoms with E-state index in [-0.39, 0.29) is 47.7 Å². The molecule has 0 spiro atoms. The number of aliphatic carboxylic acids is 1. The Kier molecular flexibility index (Phi) is 10.9. The van der Waals surface area contributed by atoms with Gasteiger partial charge in [-0.3, -0.25) is 19.3 Å². The fraction of sp³-hybridized carbons (Fsp3) is 0.486. The summed E-state index contributed by atoms with van der Waals surface area (Å²) in [6.07, 6.45) is -3.44. The number of nitrogens with one attached hydrogen (secondary N) is 1. The number of alkyl halides is 3. The Bertz CT molecular complexity index is 1800. The number of carbonyl (C=O) groups is 2. The highest BCUT2D eigenvalue weighted by molar-refractivity contribution is 5.82. The van der Waals surface area contributed by atoms with Gasteiger partial charge in [-0.05, 0) is 97.2 Å². The topological polar surface area (TPSA) is 101 Å². The van der Waals surface area contributed by atoms with Gasteiger partial charge in [-0.1, -0.05) is 13.8 Å². The quantitative estimate of drug-likeness (QED) is 0.205. The molecule has 2 unspecified atom stereocenters. The van der Waals surface area contributed by atoms with Crippen LogP contribution in [0.2, 0.25) is 0 Å². The van der Waals surface area contributed by atoms with Gasteiger partial charge in [0.2, 0.25) is 5.91 Å². The van der Waals surface area contributed by atoms with E-state index < -0.39 is 59.3 Å². The maximum atomic E-state index is 15.8. The molecule has 0 aliphatic carbocycles. The van der Waals surface area contributed by atoms with E-state index in [2.05, 4.69) is 5.32 Å². The standard InChI is InChI=1S/C37H42F5N3O5/c1-19(2)8-31(45-16-23(29(14-32(45)46)37(40,41)42)6-7-44-17-26-13-27(18-44)50-26)36(49)43-30(15-33(47)48)28-12-24(9-22(5)35(28)39)34-20(3)10-25(38)11-21(34)4/h9-12,14,16,19,26-27,30-31H,6-8,13,15,17-18H2,1-5H3,(H,43,49)(H,47,48)/t26?,27?,30-,31+/m0/s1. The summed E-state index contributed by atoms with van der Waals surface area (Å²) in [4.78, 5) is 41.4. The molecule has 4 heterocycles. The first kappa shape index (κ1) is 37.2. The minimum Gasteiger partial charge on any atom is -0.481 e. The summed E-state index contributed by atoms with van der Waals surface area (Å²) in [6, 6.07) is 3.38. The molecular formula is C37H42F5N3O5. The maximum absolute atomic E-state index is 15.8. The van der Waals surface area contributed by atoms with Crippen molar-refractivity contribution < 1.29 is 41.4 Å². The van der Waals surface area contributed by atoms with Crippen LogP contribution in [-0.2, 0) is 26.9 Å². The molecule has 13 heteroatoms. The summed E-state index contributed by atoms with van der Waals surface area (Å²) >= 11 is 0. The van der Waals surface area contributed by atoms with Crippen LogP contribution in [0.25, 0.3) is 11.1 Å². The van der Waals surface area contributed by atoms with Gasteiger partial charge in [-0.2, -0.15) is 13.2 Å². The monoisotopic (exact) mass is 703 g/mol. The number of carbonyl (C=O) groups excluding carboxylic acids is 1. The fourth-order valence-corrected chi connectivity index (χ4v) is 7.23. The van der Waals surface area contributed by atoms with Crippen molar-refractivity contribution >= 4 is 11.9 Å². The van der Waals surface area contributed by atoms with Gasteiger partial charge < -0.3 is 19.7 Å². The van der Waals surface area contributed by atoms with Crippen LogP contribution >= 0.6 is 0 Å². The molecule has 6 rings (SSSR count). The van der Waals surface area contributed by atoms with Crippen molar-refractivity contribution in [2.24, 2.45) is 5.92 Å². The Morgan fingerprint density at radius 3 is 2.18 bits per heavy atom. The summed E-state index contributed by atoms with van der Waals surface area (Å²) in [5, 5.41) is 12.4. The van der Waals surface area contributed by atoms with E-state index in [1.54, 1.807) is 33.8 Å². The van der Waals surface area contributed by atoms with Gasteiger partial charge in [0.05, 0.1) is 30.2 Å². The van der Waals surface area contributed by atoms with E-state index >= 15 is 4.39 Å². The Morgan fingerprint density at radius 2 is 1.62 bits per heavy atom. The van der Waals surface area contributed by atoms with Crippen molar-refractivity contribution in [2.75, 3.05) is 19.6 Å². The van der Waals surface area contributed by atoms with Gasteiger partial charge in [0, 0.05) is 43.9 Å². The minimum atomic E-state index is -4.81. The molecule has 8 nitrogen and oxygen atoms in total. The second-order valence-electron chi connectivity index (χ2n) is 14.0. The number of ether oxygens (including phenoxy) is 1. The highest BCUT2D eigenvalue weighted by Crippen LogP contribution is 2.36. The van der Waals surface area contributed by atoms with E-state index in [0.717, 1.165) is 17.2 Å². The first-order valence-corrected chi connectivity index (χ1v) is 16.7. The molecule has 1 aromatic heterocycles. The average molecular weight is 704 g/mol. The molecule has 3 aromatic rings. The SMILES string of the molecule is Cc1cc(-c2c(C)cc(F)cc2C)cc([C@H](CC(=O)O)NC(=O)[C@@H](CC(C)C)n2cc(CCN3CC4CC(C3)O4)c(C(F)(F)F)cc2=O)c1F. The summed E-state index contributed by atoms with van der Waals surface area (Å²) < 4.78 is 79.0. The Labute approximate surface area is 287 Å². The van der Waals surface area contributed by atoms with Crippen LogP contribution in [0.4, 0.5) is 22.0 Å². The zero-order valence-electron chi connectivity index (χ0n) is 28.7. The number of carboxylic acid groups (broad SMARTS) is 1. The highest BCUT2D eigenvalue weighted by atomic mass is 19.4. The van der Waals surface area contributed by atoms with E-state index in [1.165, 1.54) is 25.1 Å². The molecule has 0 radical (unpaired) electrons. The van der Waals surface area contributed by atoms with Gasteiger partial charge >= 0.3 is 12.1 Å². The lowest BCUT2D eigenvalue weighted by molar-refractivity contribution is -0.180. The normalized spacial score (nSPS) is 18.9. The largest absolute Gasteiger partial charge is 0.481 e. The summed E-state index contributed by atoms with van der Waals surface area (Å²) in [6.45, 7) is 9.90. The van der Waals surface area contributed by atoms with Crippen molar-refractivity contribution in [1.82, 2.24) is 14.8 Å². The number of aryl methyl sites for hydroxylation is 3. The van der Waals surface area contributed by atoms with Gasteiger partial charge in [-0.15, -0.1) is 0 Å².